The van der Waals surface area contributed by atoms with Crippen molar-refractivity contribution < 1.29 is 4.74 Å². The monoisotopic (exact) mass is 380 g/mol. The number of halogens is 1. The highest BCUT2D eigenvalue weighted by molar-refractivity contribution is 14.1. The molecule has 0 radical (unpaired) electrons. The van der Waals surface area contributed by atoms with Crippen molar-refractivity contribution in [2.45, 2.75) is 84.2 Å². The first kappa shape index (κ1) is 17.7. The lowest BCUT2D eigenvalue weighted by molar-refractivity contribution is -0.0633. The third kappa shape index (κ3) is 6.33. The molecule has 0 aromatic rings. The summed E-state index contributed by atoms with van der Waals surface area (Å²) in [6.07, 6.45) is 12.0. The molecule has 0 N–H and O–H groups in total. The highest BCUT2D eigenvalue weighted by atomic mass is 127. The van der Waals surface area contributed by atoms with Gasteiger partial charge < -0.3 is 4.74 Å². The van der Waals surface area contributed by atoms with E-state index in [-0.39, 0.29) is 5.60 Å². The van der Waals surface area contributed by atoms with E-state index in [9.17, 15) is 0 Å². The van der Waals surface area contributed by atoms with E-state index < -0.39 is 0 Å². The van der Waals surface area contributed by atoms with Crippen molar-refractivity contribution in [2.75, 3.05) is 11.0 Å². The molecule has 114 valence electrons. The number of hydrogen-bond acceptors (Lipinski definition) is 1. The summed E-state index contributed by atoms with van der Waals surface area (Å²) in [5.41, 5.74) is 0.219. The van der Waals surface area contributed by atoms with Crippen molar-refractivity contribution in [1.29, 1.82) is 0 Å². The number of unbranched alkanes of at least 4 members (excludes halogenated alkanes) is 4. The SMILES string of the molecule is CCCCCCCOC1(CI)CCC(C(C)C)CC1. The summed E-state index contributed by atoms with van der Waals surface area (Å²) >= 11 is 2.53. The van der Waals surface area contributed by atoms with Crippen molar-refractivity contribution in [3.05, 3.63) is 0 Å². The van der Waals surface area contributed by atoms with Crippen LogP contribution in [0.4, 0.5) is 0 Å². The Morgan fingerprint density at radius 2 is 1.74 bits per heavy atom. The van der Waals surface area contributed by atoms with E-state index in [1.54, 1.807) is 0 Å². The Hall–Kier alpha value is 0.690. The van der Waals surface area contributed by atoms with Gasteiger partial charge in [-0.05, 0) is 43.9 Å². The molecule has 0 aliphatic heterocycles. The van der Waals surface area contributed by atoms with Gasteiger partial charge in [0, 0.05) is 11.0 Å². The van der Waals surface area contributed by atoms with Gasteiger partial charge in [-0.1, -0.05) is 69.0 Å². The number of hydrogen-bond donors (Lipinski definition) is 0. The van der Waals surface area contributed by atoms with Crippen molar-refractivity contribution in [3.8, 4) is 0 Å². The van der Waals surface area contributed by atoms with Gasteiger partial charge in [-0.3, -0.25) is 0 Å². The second kappa shape index (κ2) is 9.59. The number of alkyl halides is 1. The van der Waals surface area contributed by atoms with E-state index in [0.717, 1.165) is 18.4 Å². The van der Waals surface area contributed by atoms with Crippen LogP contribution in [0.5, 0.6) is 0 Å². The molecule has 0 aromatic carbocycles. The molecule has 1 rings (SSSR count). The molecule has 0 atom stereocenters. The third-order valence-electron chi connectivity index (χ3n) is 4.78. The fraction of sp³-hybridized carbons (Fsp3) is 1.00. The van der Waals surface area contributed by atoms with Gasteiger partial charge in [0.05, 0.1) is 5.60 Å². The molecular weight excluding hydrogens is 347 g/mol. The standard InChI is InChI=1S/C17H33IO/c1-4-5-6-7-8-13-19-17(14-18)11-9-16(10-12-17)15(2)3/h15-16H,4-14H2,1-3H3. The summed E-state index contributed by atoms with van der Waals surface area (Å²) in [5.74, 6) is 1.78. The Kier molecular flexibility index (Phi) is 8.96. The van der Waals surface area contributed by atoms with Gasteiger partial charge in [-0.2, -0.15) is 0 Å². The van der Waals surface area contributed by atoms with E-state index in [0.29, 0.717) is 0 Å². The smallest absolute Gasteiger partial charge is 0.0771 e. The van der Waals surface area contributed by atoms with Gasteiger partial charge in [0.2, 0.25) is 0 Å². The normalized spacial score (nSPS) is 27.9. The zero-order valence-electron chi connectivity index (χ0n) is 13.2. The van der Waals surface area contributed by atoms with Crippen LogP contribution < -0.4 is 0 Å². The Morgan fingerprint density at radius 1 is 1.11 bits per heavy atom. The molecule has 19 heavy (non-hydrogen) atoms. The fourth-order valence-corrected chi connectivity index (χ4v) is 4.13. The fourth-order valence-electron chi connectivity index (χ4n) is 3.14. The first-order chi connectivity index (χ1) is 9.13. The summed E-state index contributed by atoms with van der Waals surface area (Å²) in [7, 11) is 0. The number of ether oxygens (including phenoxy) is 1. The molecule has 0 amide bonds. The lowest BCUT2D eigenvalue weighted by Gasteiger charge is -2.40. The summed E-state index contributed by atoms with van der Waals surface area (Å²) in [6.45, 7) is 8.00. The van der Waals surface area contributed by atoms with Crippen LogP contribution in [0, 0.1) is 11.8 Å². The molecule has 0 aromatic heterocycles. The molecule has 0 unspecified atom stereocenters. The molecule has 0 bridgehead atoms. The van der Waals surface area contributed by atoms with E-state index >= 15 is 0 Å². The minimum Gasteiger partial charge on any atom is -0.374 e. The average molecular weight is 380 g/mol. The van der Waals surface area contributed by atoms with Crippen LogP contribution in [0.15, 0.2) is 0 Å². The lowest BCUT2D eigenvalue weighted by Crippen LogP contribution is -2.40. The lowest BCUT2D eigenvalue weighted by atomic mass is 9.75. The highest BCUT2D eigenvalue weighted by Crippen LogP contribution is 2.39. The Morgan fingerprint density at radius 3 is 2.26 bits per heavy atom. The van der Waals surface area contributed by atoms with Crippen LogP contribution in [-0.2, 0) is 4.74 Å². The average Bonchev–Trinajstić information content (AvgIpc) is 2.43. The van der Waals surface area contributed by atoms with E-state index in [4.69, 9.17) is 4.74 Å². The highest BCUT2D eigenvalue weighted by Gasteiger charge is 2.35. The Balaban J connectivity index is 2.22. The largest absolute Gasteiger partial charge is 0.374 e. The molecule has 1 fully saturated rings. The molecule has 0 spiro atoms. The predicted octanol–water partition coefficient (Wildman–Crippen LogP) is 5.99. The van der Waals surface area contributed by atoms with Gasteiger partial charge >= 0.3 is 0 Å². The van der Waals surface area contributed by atoms with Gasteiger partial charge in [-0.15, -0.1) is 0 Å². The Bertz CT molecular complexity index is 219. The third-order valence-corrected chi connectivity index (χ3v) is 6.17. The molecule has 0 heterocycles. The van der Waals surface area contributed by atoms with Crippen LogP contribution in [-0.4, -0.2) is 16.6 Å². The van der Waals surface area contributed by atoms with E-state index in [1.165, 1.54) is 62.2 Å². The molecule has 1 saturated carbocycles. The minimum atomic E-state index is 0.219. The van der Waals surface area contributed by atoms with Crippen LogP contribution in [0.1, 0.15) is 78.6 Å². The van der Waals surface area contributed by atoms with E-state index in [2.05, 4.69) is 43.4 Å². The first-order valence-electron chi connectivity index (χ1n) is 8.33. The topological polar surface area (TPSA) is 9.23 Å². The van der Waals surface area contributed by atoms with Crippen molar-refractivity contribution in [3.63, 3.8) is 0 Å². The van der Waals surface area contributed by atoms with Gasteiger partial charge in [0.1, 0.15) is 0 Å². The second-order valence-corrected chi connectivity index (χ2v) is 7.42. The number of rotatable bonds is 9. The van der Waals surface area contributed by atoms with Crippen molar-refractivity contribution in [2.24, 2.45) is 11.8 Å². The summed E-state index contributed by atoms with van der Waals surface area (Å²) in [4.78, 5) is 0. The zero-order valence-corrected chi connectivity index (χ0v) is 15.4. The summed E-state index contributed by atoms with van der Waals surface area (Å²) in [6, 6.07) is 0. The molecule has 0 saturated heterocycles. The Labute approximate surface area is 134 Å². The van der Waals surface area contributed by atoms with Gasteiger partial charge in [0.15, 0.2) is 0 Å². The maximum absolute atomic E-state index is 6.32. The van der Waals surface area contributed by atoms with Crippen LogP contribution in [0.2, 0.25) is 0 Å². The molecule has 1 aliphatic carbocycles. The molecule has 2 heteroatoms. The summed E-state index contributed by atoms with van der Waals surface area (Å²) < 4.78 is 7.49. The van der Waals surface area contributed by atoms with Crippen LogP contribution in [0.25, 0.3) is 0 Å². The quantitative estimate of drug-likeness (QED) is 0.271. The molecule has 1 nitrogen and oxygen atoms in total. The molecular formula is C17H33IO. The van der Waals surface area contributed by atoms with Gasteiger partial charge in [-0.25, -0.2) is 0 Å². The predicted molar refractivity (Wildman–Crippen MR) is 93.1 cm³/mol. The van der Waals surface area contributed by atoms with E-state index in [1.807, 2.05) is 0 Å². The van der Waals surface area contributed by atoms with Gasteiger partial charge in [0.25, 0.3) is 0 Å². The summed E-state index contributed by atoms with van der Waals surface area (Å²) in [5, 5.41) is 0. The van der Waals surface area contributed by atoms with Crippen molar-refractivity contribution >= 4 is 22.6 Å². The minimum absolute atomic E-state index is 0.219. The van der Waals surface area contributed by atoms with Crippen molar-refractivity contribution in [1.82, 2.24) is 0 Å². The van der Waals surface area contributed by atoms with Crippen LogP contribution in [0.3, 0.4) is 0 Å². The maximum Gasteiger partial charge on any atom is 0.0771 e. The maximum atomic E-state index is 6.32. The molecule has 1 aliphatic rings. The zero-order chi connectivity index (χ0) is 14.1. The van der Waals surface area contributed by atoms with Crippen LogP contribution >= 0.6 is 22.6 Å². The first-order valence-corrected chi connectivity index (χ1v) is 9.86. The second-order valence-electron chi connectivity index (χ2n) is 6.66.